The highest BCUT2D eigenvalue weighted by atomic mass is 16.3. The van der Waals surface area contributed by atoms with Crippen LogP contribution in [0.2, 0.25) is 0 Å². The molecule has 2 aromatic carbocycles. The predicted octanol–water partition coefficient (Wildman–Crippen LogP) is 4.48. The predicted molar refractivity (Wildman–Crippen MR) is 114 cm³/mol. The summed E-state index contributed by atoms with van der Waals surface area (Å²) >= 11 is 0. The molecule has 0 radical (unpaired) electrons. The van der Waals surface area contributed by atoms with Crippen molar-refractivity contribution in [3.8, 4) is 11.1 Å². The number of nitrogens with one attached hydrogen (secondary N) is 1. The van der Waals surface area contributed by atoms with Crippen molar-refractivity contribution in [2.45, 2.75) is 32.2 Å². The molecule has 0 bridgehead atoms. The highest BCUT2D eigenvalue weighted by Gasteiger charge is 2.33. The van der Waals surface area contributed by atoms with Gasteiger partial charge in [0.05, 0.1) is 6.26 Å². The second-order valence-corrected chi connectivity index (χ2v) is 7.72. The van der Waals surface area contributed by atoms with E-state index in [0.29, 0.717) is 12.1 Å². The van der Waals surface area contributed by atoms with Crippen LogP contribution in [0, 0.1) is 5.92 Å². The number of furan rings is 1. The second-order valence-electron chi connectivity index (χ2n) is 7.72. The molecule has 1 aliphatic rings. The van der Waals surface area contributed by atoms with Crippen molar-refractivity contribution in [2.24, 2.45) is 5.92 Å². The molecule has 0 spiro atoms. The summed E-state index contributed by atoms with van der Waals surface area (Å²) in [4.78, 5) is 26.8. The Bertz CT molecular complexity index is 1020. The number of hydrogen-bond acceptors (Lipinski definition) is 3. The highest BCUT2D eigenvalue weighted by Crippen LogP contribution is 2.30. The van der Waals surface area contributed by atoms with Crippen LogP contribution in [0.5, 0.6) is 0 Å². The van der Waals surface area contributed by atoms with E-state index in [1.165, 1.54) is 0 Å². The van der Waals surface area contributed by atoms with Crippen LogP contribution in [0.3, 0.4) is 0 Å². The number of benzene rings is 2. The van der Waals surface area contributed by atoms with E-state index >= 15 is 0 Å². The third-order valence-electron chi connectivity index (χ3n) is 5.91. The van der Waals surface area contributed by atoms with Crippen molar-refractivity contribution in [2.75, 3.05) is 13.6 Å². The summed E-state index contributed by atoms with van der Waals surface area (Å²) in [5.74, 6) is 0.119. The largest absolute Gasteiger partial charge is 0.464 e. The van der Waals surface area contributed by atoms with E-state index in [1.807, 2.05) is 56.4 Å². The summed E-state index contributed by atoms with van der Waals surface area (Å²) in [6.45, 7) is 2.57. The Morgan fingerprint density at radius 3 is 2.59 bits per heavy atom. The maximum absolute atomic E-state index is 12.9. The van der Waals surface area contributed by atoms with Crippen LogP contribution in [0.15, 0.2) is 59.2 Å². The van der Waals surface area contributed by atoms with E-state index in [2.05, 4.69) is 11.4 Å². The average molecular weight is 390 g/mol. The Morgan fingerprint density at radius 2 is 1.83 bits per heavy atom. The SMILES string of the molecule is CCNC(=O)[C@H]1CC[C@@H](N(C)C(=O)c2ccc(-c3ccc4occc4c3)cc2)C1. The van der Waals surface area contributed by atoms with Crippen LogP contribution in [-0.2, 0) is 4.79 Å². The van der Waals surface area contributed by atoms with Gasteiger partial charge in [0, 0.05) is 36.5 Å². The molecule has 5 heteroatoms. The van der Waals surface area contributed by atoms with Gasteiger partial charge in [-0.25, -0.2) is 0 Å². The summed E-state index contributed by atoms with van der Waals surface area (Å²) in [6.07, 6.45) is 4.12. The lowest BCUT2D eigenvalue weighted by Crippen LogP contribution is -2.36. The van der Waals surface area contributed by atoms with Gasteiger partial charge in [0.15, 0.2) is 0 Å². The van der Waals surface area contributed by atoms with Gasteiger partial charge in [-0.3, -0.25) is 9.59 Å². The fourth-order valence-corrected chi connectivity index (χ4v) is 4.19. The van der Waals surface area contributed by atoms with Crippen LogP contribution < -0.4 is 5.32 Å². The number of fused-ring (bicyclic) bond motifs is 1. The lowest BCUT2D eigenvalue weighted by molar-refractivity contribution is -0.124. The summed E-state index contributed by atoms with van der Waals surface area (Å²) in [6, 6.07) is 15.8. The fourth-order valence-electron chi connectivity index (χ4n) is 4.19. The zero-order valence-electron chi connectivity index (χ0n) is 16.9. The second kappa shape index (κ2) is 8.11. The lowest BCUT2D eigenvalue weighted by Gasteiger charge is -2.25. The molecular weight excluding hydrogens is 364 g/mol. The van der Waals surface area contributed by atoms with Gasteiger partial charge < -0.3 is 14.6 Å². The van der Waals surface area contributed by atoms with Gasteiger partial charge in [-0.05, 0) is 67.6 Å². The van der Waals surface area contributed by atoms with E-state index in [4.69, 9.17) is 4.42 Å². The number of amides is 2. The first kappa shape index (κ1) is 19.2. The number of hydrogen-bond donors (Lipinski definition) is 1. The molecular formula is C24H26N2O3. The Balaban J connectivity index is 1.44. The normalized spacial score (nSPS) is 18.7. The third kappa shape index (κ3) is 3.90. The molecule has 2 amide bonds. The van der Waals surface area contributed by atoms with Crippen molar-refractivity contribution in [1.29, 1.82) is 0 Å². The number of carbonyl (C=O) groups excluding carboxylic acids is 2. The Morgan fingerprint density at radius 1 is 1.07 bits per heavy atom. The van der Waals surface area contributed by atoms with Crippen molar-refractivity contribution < 1.29 is 14.0 Å². The van der Waals surface area contributed by atoms with Gasteiger partial charge in [-0.1, -0.05) is 18.2 Å². The monoisotopic (exact) mass is 390 g/mol. The minimum absolute atomic E-state index is 0.00314. The van der Waals surface area contributed by atoms with E-state index in [-0.39, 0.29) is 23.8 Å². The van der Waals surface area contributed by atoms with Gasteiger partial charge in [0.25, 0.3) is 5.91 Å². The van der Waals surface area contributed by atoms with Gasteiger partial charge in [-0.15, -0.1) is 0 Å². The molecule has 3 aromatic rings. The first-order valence-electron chi connectivity index (χ1n) is 10.2. The average Bonchev–Trinajstić information content (AvgIpc) is 3.42. The van der Waals surface area contributed by atoms with Crippen LogP contribution >= 0.6 is 0 Å². The minimum atomic E-state index is 0.00314. The zero-order valence-corrected chi connectivity index (χ0v) is 16.9. The third-order valence-corrected chi connectivity index (χ3v) is 5.91. The molecule has 1 heterocycles. The van der Waals surface area contributed by atoms with Gasteiger partial charge in [-0.2, -0.15) is 0 Å². The van der Waals surface area contributed by atoms with Gasteiger partial charge >= 0.3 is 0 Å². The molecule has 1 aromatic heterocycles. The summed E-state index contributed by atoms with van der Waals surface area (Å²) in [7, 11) is 1.84. The van der Waals surface area contributed by atoms with Gasteiger partial charge in [0.1, 0.15) is 5.58 Å². The van der Waals surface area contributed by atoms with Crippen LogP contribution in [0.4, 0.5) is 0 Å². The molecule has 5 nitrogen and oxygen atoms in total. The molecule has 29 heavy (non-hydrogen) atoms. The molecule has 150 valence electrons. The van der Waals surface area contributed by atoms with Gasteiger partial charge in [0.2, 0.25) is 5.91 Å². The molecule has 0 unspecified atom stereocenters. The van der Waals surface area contributed by atoms with E-state index < -0.39 is 0 Å². The smallest absolute Gasteiger partial charge is 0.253 e. The van der Waals surface area contributed by atoms with E-state index in [1.54, 1.807) is 11.2 Å². The molecule has 1 fully saturated rings. The Kier molecular flexibility index (Phi) is 5.38. The lowest BCUT2D eigenvalue weighted by atomic mass is 10.0. The summed E-state index contributed by atoms with van der Waals surface area (Å²) < 4.78 is 5.39. The Labute approximate surface area is 170 Å². The summed E-state index contributed by atoms with van der Waals surface area (Å²) in [5, 5.41) is 3.95. The van der Waals surface area contributed by atoms with Crippen LogP contribution in [-0.4, -0.2) is 36.3 Å². The van der Waals surface area contributed by atoms with E-state index in [0.717, 1.165) is 41.4 Å². The Hall–Kier alpha value is -3.08. The minimum Gasteiger partial charge on any atom is -0.464 e. The number of rotatable bonds is 5. The van der Waals surface area contributed by atoms with Crippen molar-refractivity contribution >= 4 is 22.8 Å². The zero-order chi connectivity index (χ0) is 20.4. The van der Waals surface area contributed by atoms with Crippen molar-refractivity contribution in [1.82, 2.24) is 10.2 Å². The molecule has 1 N–H and O–H groups in total. The number of nitrogens with zero attached hydrogens (tertiary/aromatic N) is 1. The molecule has 1 aliphatic carbocycles. The molecule has 2 atom stereocenters. The van der Waals surface area contributed by atoms with Crippen LogP contribution in [0.25, 0.3) is 22.1 Å². The molecule has 0 saturated heterocycles. The van der Waals surface area contributed by atoms with E-state index in [9.17, 15) is 9.59 Å². The molecule has 1 saturated carbocycles. The first-order valence-corrected chi connectivity index (χ1v) is 10.2. The summed E-state index contributed by atoms with van der Waals surface area (Å²) in [5.41, 5.74) is 3.68. The quantitative estimate of drug-likeness (QED) is 0.699. The fraction of sp³-hybridized carbons (Fsp3) is 0.333. The van der Waals surface area contributed by atoms with Crippen molar-refractivity contribution in [3.05, 3.63) is 60.4 Å². The molecule has 0 aliphatic heterocycles. The standard InChI is InChI=1S/C24H26N2O3/c1-3-25-23(27)20-8-10-21(15-20)26(2)24(28)17-6-4-16(5-7-17)18-9-11-22-19(14-18)12-13-29-22/h4-7,9,11-14,20-21H,3,8,10,15H2,1-2H3,(H,25,27)/t20-,21+/m0/s1. The number of carbonyl (C=O) groups is 2. The highest BCUT2D eigenvalue weighted by molar-refractivity contribution is 5.95. The van der Waals surface area contributed by atoms with Crippen LogP contribution in [0.1, 0.15) is 36.5 Å². The maximum atomic E-state index is 12.9. The van der Waals surface area contributed by atoms with Crippen molar-refractivity contribution in [3.63, 3.8) is 0 Å². The maximum Gasteiger partial charge on any atom is 0.253 e. The first-order chi connectivity index (χ1) is 14.1. The topological polar surface area (TPSA) is 62.6 Å². The molecule has 4 rings (SSSR count).